The fourth-order valence-electron chi connectivity index (χ4n) is 2.89. The normalized spacial score (nSPS) is 14.8. The highest BCUT2D eigenvalue weighted by Gasteiger charge is 2.21. The van der Waals surface area contributed by atoms with E-state index in [4.69, 9.17) is 21.7 Å². The smallest absolute Gasteiger partial charge is 0.315 e. The number of methoxy groups -OCH3 is 1. The summed E-state index contributed by atoms with van der Waals surface area (Å²) in [5.74, 6) is 0.394. The molecule has 1 aromatic carbocycles. The quantitative estimate of drug-likeness (QED) is 0.324. The van der Waals surface area contributed by atoms with Crippen LogP contribution in [-0.2, 0) is 0 Å². The van der Waals surface area contributed by atoms with Crippen molar-refractivity contribution in [3.63, 3.8) is 0 Å². The van der Waals surface area contributed by atoms with Gasteiger partial charge in [0.05, 0.1) is 24.9 Å². The first-order chi connectivity index (χ1) is 12.5. The summed E-state index contributed by atoms with van der Waals surface area (Å²) in [5.41, 5.74) is 3.09. The summed E-state index contributed by atoms with van der Waals surface area (Å²) in [6.45, 7) is 2.05. The molecule has 0 radical (unpaired) electrons. The first-order valence-corrected chi connectivity index (χ1v) is 9.04. The minimum atomic E-state index is -0.506. The summed E-state index contributed by atoms with van der Waals surface area (Å²) >= 11 is 5.23. The van der Waals surface area contributed by atoms with Gasteiger partial charge < -0.3 is 14.8 Å². The molecule has 142 valence electrons. The van der Waals surface area contributed by atoms with E-state index in [0.717, 1.165) is 12.8 Å². The molecule has 0 heterocycles. The molecule has 0 atom stereocenters. The van der Waals surface area contributed by atoms with Crippen LogP contribution in [0.1, 0.15) is 44.6 Å². The lowest BCUT2D eigenvalue weighted by Gasteiger charge is -2.23. The van der Waals surface area contributed by atoms with Crippen LogP contribution in [0.3, 0.4) is 0 Å². The van der Waals surface area contributed by atoms with E-state index in [1.807, 2.05) is 0 Å². The Labute approximate surface area is 158 Å². The van der Waals surface area contributed by atoms with E-state index in [2.05, 4.69) is 15.8 Å². The van der Waals surface area contributed by atoms with Crippen LogP contribution in [0.2, 0.25) is 0 Å². The number of nitro benzene ring substituents is 1. The van der Waals surface area contributed by atoms with Crippen LogP contribution in [0.5, 0.6) is 11.5 Å². The Kier molecular flexibility index (Phi) is 7.58. The number of thiocarbonyl (C=S) groups is 1. The second-order valence-corrected chi connectivity index (χ2v) is 6.35. The number of nitro groups is 1. The van der Waals surface area contributed by atoms with E-state index in [1.54, 1.807) is 13.0 Å². The Morgan fingerprint density at radius 1 is 1.42 bits per heavy atom. The van der Waals surface area contributed by atoms with E-state index in [9.17, 15) is 10.1 Å². The van der Waals surface area contributed by atoms with Gasteiger partial charge in [-0.1, -0.05) is 19.3 Å². The van der Waals surface area contributed by atoms with E-state index in [-0.39, 0.29) is 17.2 Å². The summed E-state index contributed by atoms with van der Waals surface area (Å²) < 4.78 is 10.6. The topological polar surface area (TPSA) is 98.0 Å². The molecular weight excluding hydrogens is 356 g/mol. The van der Waals surface area contributed by atoms with Gasteiger partial charge in [0.15, 0.2) is 10.9 Å². The molecule has 2 N–H and O–H groups in total. The highest BCUT2D eigenvalue weighted by molar-refractivity contribution is 7.80. The molecule has 1 saturated carbocycles. The number of hydrogen-bond donors (Lipinski definition) is 2. The predicted octanol–water partition coefficient (Wildman–Crippen LogP) is 3.13. The fourth-order valence-corrected chi connectivity index (χ4v) is 3.11. The van der Waals surface area contributed by atoms with Crippen LogP contribution in [0.15, 0.2) is 17.2 Å². The van der Waals surface area contributed by atoms with Gasteiger partial charge in [-0.05, 0) is 38.0 Å². The first kappa shape index (κ1) is 19.9. The molecule has 2 rings (SSSR count). The van der Waals surface area contributed by atoms with Crippen molar-refractivity contribution in [3.05, 3.63) is 27.8 Å². The molecule has 0 unspecified atom stereocenters. The lowest BCUT2D eigenvalue weighted by atomic mass is 9.96. The number of nitrogens with one attached hydrogen (secondary N) is 2. The number of ether oxygens (including phenoxy) is 2. The number of hydrazone groups is 1. The van der Waals surface area contributed by atoms with Crippen LogP contribution in [0.25, 0.3) is 0 Å². The van der Waals surface area contributed by atoms with Crippen molar-refractivity contribution in [1.29, 1.82) is 0 Å². The average molecular weight is 380 g/mol. The molecule has 0 aliphatic heterocycles. The van der Waals surface area contributed by atoms with Gasteiger partial charge in [0.25, 0.3) is 0 Å². The molecule has 26 heavy (non-hydrogen) atoms. The van der Waals surface area contributed by atoms with Gasteiger partial charge in [0, 0.05) is 17.7 Å². The lowest BCUT2D eigenvalue weighted by Crippen LogP contribution is -2.40. The van der Waals surface area contributed by atoms with Gasteiger partial charge in [0.1, 0.15) is 0 Å². The van der Waals surface area contributed by atoms with Crippen molar-refractivity contribution >= 4 is 29.2 Å². The van der Waals surface area contributed by atoms with Crippen molar-refractivity contribution in [3.8, 4) is 11.5 Å². The molecule has 0 bridgehead atoms. The molecule has 8 nitrogen and oxygen atoms in total. The van der Waals surface area contributed by atoms with Crippen LogP contribution in [-0.4, -0.2) is 36.0 Å². The van der Waals surface area contributed by atoms with E-state index in [1.165, 1.54) is 38.7 Å². The van der Waals surface area contributed by atoms with Gasteiger partial charge >= 0.3 is 5.69 Å². The van der Waals surface area contributed by atoms with Gasteiger partial charge in [-0.25, -0.2) is 0 Å². The summed E-state index contributed by atoms with van der Waals surface area (Å²) in [5, 5.41) is 19.0. The van der Waals surface area contributed by atoms with Crippen LogP contribution >= 0.6 is 12.2 Å². The van der Waals surface area contributed by atoms with E-state index >= 15 is 0 Å². The highest BCUT2D eigenvalue weighted by Crippen LogP contribution is 2.37. The lowest BCUT2D eigenvalue weighted by molar-refractivity contribution is -0.385. The van der Waals surface area contributed by atoms with Crippen molar-refractivity contribution in [2.24, 2.45) is 5.10 Å². The first-order valence-electron chi connectivity index (χ1n) is 8.64. The molecule has 0 aromatic heterocycles. The third kappa shape index (κ3) is 5.55. The Hall–Kier alpha value is -2.42. The molecule has 1 fully saturated rings. The third-order valence-electron chi connectivity index (χ3n) is 4.08. The summed E-state index contributed by atoms with van der Waals surface area (Å²) in [6.07, 6.45) is 7.36. The molecule has 1 aromatic rings. The number of hydrogen-bond acceptors (Lipinski definition) is 6. The van der Waals surface area contributed by atoms with Crippen molar-refractivity contribution in [1.82, 2.24) is 10.7 Å². The van der Waals surface area contributed by atoms with Gasteiger partial charge in [-0.15, -0.1) is 0 Å². The maximum Gasteiger partial charge on any atom is 0.315 e. The zero-order valence-corrected chi connectivity index (χ0v) is 15.8. The zero-order chi connectivity index (χ0) is 18.9. The summed E-state index contributed by atoms with van der Waals surface area (Å²) in [4.78, 5) is 10.8. The fraction of sp³-hybridized carbons (Fsp3) is 0.529. The van der Waals surface area contributed by atoms with Gasteiger partial charge in [0.2, 0.25) is 5.75 Å². The van der Waals surface area contributed by atoms with Gasteiger partial charge in [-0.2, -0.15) is 5.10 Å². The van der Waals surface area contributed by atoms with Gasteiger partial charge in [-0.3, -0.25) is 15.5 Å². The van der Waals surface area contributed by atoms with E-state index in [0.29, 0.717) is 23.3 Å². The predicted molar refractivity (Wildman–Crippen MR) is 104 cm³/mol. The second-order valence-electron chi connectivity index (χ2n) is 5.94. The molecule has 1 aliphatic rings. The number of benzene rings is 1. The largest absolute Gasteiger partial charge is 0.493 e. The Morgan fingerprint density at radius 3 is 2.77 bits per heavy atom. The maximum absolute atomic E-state index is 11.3. The zero-order valence-electron chi connectivity index (χ0n) is 15.0. The minimum absolute atomic E-state index is 0.111. The number of nitrogens with zero attached hydrogens (tertiary/aromatic N) is 2. The number of rotatable bonds is 7. The molecule has 9 heteroatoms. The summed E-state index contributed by atoms with van der Waals surface area (Å²) in [7, 11) is 1.43. The van der Waals surface area contributed by atoms with Crippen molar-refractivity contribution < 1.29 is 14.4 Å². The molecule has 1 aliphatic carbocycles. The van der Waals surface area contributed by atoms with Crippen LogP contribution in [0.4, 0.5) is 5.69 Å². The molecule has 0 spiro atoms. The SMILES string of the molecule is CCOc1c(OC)cc(/C=N\NC(=S)NC2CCCCC2)cc1[N+](=O)[O-]. The average Bonchev–Trinajstić information content (AvgIpc) is 2.63. The third-order valence-corrected chi connectivity index (χ3v) is 4.29. The Bertz CT molecular complexity index is 675. The second kappa shape index (κ2) is 9.91. The Morgan fingerprint density at radius 2 is 2.15 bits per heavy atom. The standard InChI is InChI=1S/C17H24N4O4S/c1-3-25-16-14(21(22)23)9-12(10-15(16)24-2)11-18-20-17(26)19-13-7-5-4-6-8-13/h9-11,13H,3-8H2,1-2H3,(H2,19,20,26)/b18-11-. The molecular formula is C17H24N4O4S. The van der Waals surface area contributed by atoms with Crippen LogP contribution in [0, 0.1) is 10.1 Å². The monoisotopic (exact) mass is 380 g/mol. The Balaban J connectivity index is 2.05. The molecule has 0 amide bonds. The maximum atomic E-state index is 11.3. The highest BCUT2D eigenvalue weighted by atomic mass is 32.1. The molecule has 0 saturated heterocycles. The van der Waals surface area contributed by atoms with Crippen molar-refractivity contribution in [2.45, 2.75) is 45.1 Å². The van der Waals surface area contributed by atoms with Crippen molar-refractivity contribution in [2.75, 3.05) is 13.7 Å². The minimum Gasteiger partial charge on any atom is -0.493 e. The van der Waals surface area contributed by atoms with E-state index < -0.39 is 4.92 Å². The van der Waals surface area contributed by atoms with Crippen LogP contribution < -0.4 is 20.2 Å². The summed E-state index contributed by atoms with van der Waals surface area (Å²) in [6, 6.07) is 3.39.